The third-order valence-electron chi connectivity index (χ3n) is 3.73. The average molecular weight is 317 g/mol. The van der Waals surface area contributed by atoms with Crippen LogP contribution in [-0.2, 0) is 10.0 Å². The second-order valence-corrected chi connectivity index (χ2v) is 7.80. The number of hydrogen-bond acceptors (Lipinski definition) is 3. The summed E-state index contributed by atoms with van der Waals surface area (Å²) in [6.07, 6.45) is 0.579. The van der Waals surface area contributed by atoms with Crippen LogP contribution >= 0.6 is 0 Å². The Hall–Kier alpha value is -1.85. The van der Waals surface area contributed by atoms with E-state index in [9.17, 15) is 8.42 Å². The van der Waals surface area contributed by atoms with Gasteiger partial charge in [0.25, 0.3) is 0 Å². The zero-order valence-corrected chi connectivity index (χ0v) is 13.4. The zero-order chi connectivity index (χ0) is 15.8. The number of fused-ring (bicyclic) bond motifs is 1. The minimum absolute atomic E-state index is 0.275. The minimum atomic E-state index is -3.56. The van der Waals surface area contributed by atoms with E-state index in [2.05, 4.69) is 4.72 Å². The van der Waals surface area contributed by atoms with Gasteiger partial charge < -0.3 is 4.74 Å². The van der Waals surface area contributed by atoms with E-state index >= 15 is 0 Å². The molecule has 1 aliphatic heterocycles. The molecule has 4 nitrogen and oxygen atoms in total. The molecule has 3 rings (SSSR count). The molecule has 0 aromatic heterocycles. The van der Waals surface area contributed by atoms with Crippen molar-refractivity contribution in [1.29, 1.82) is 0 Å². The van der Waals surface area contributed by atoms with Crippen molar-refractivity contribution in [3.8, 4) is 5.75 Å². The van der Waals surface area contributed by atoms with Crippen molar-refractivity contribution in [2.45, 2.75) is 36.8 Å². The number of para-hydroxylation sites is 1. The van der Waals surface area contributed by atoms with Gasteiger partial charge in [-0.2, -0.15) is 0 Å². The predicted octanol–water partition coefficient (Wildman–Crippen LogP) is 3.27. The van der Waals surface area contributed by atoms with Crippen LogP contribution in [0.3, 0.4) is 0 Å². The van der Waals surface area contributed by atoms with Gasteiger partial charge >= 0.3 is 0 Å². The van der Waals surface area contributed by atoms with Crippen molar-refractivity contribution < 1.29 is 13.2 Å². The van der Waals surface area contributed by atoms with E-state index in [0.717, 1.165) is 11.3 Å². The smallest absolute Gasteiger partial charge is 0.241 e. The molecule has 0 radical (unpaired) electrons. The first-order chi connectivity index (χ1) is 10.4. The van der Waals surface area contributed by atoms with Crippen LogP contribution < -0.4 is 9.46 Å². The van der Waals surface area contributed by atoms with Gasteiger partial charge in [-0.05, 0) is 32.0 Å². The Morgan fingerprint density at radius 3 is 2.41 bits per heavy atom. The predicted molar refractivity (Wildman–Crippen MR) is 85.3 cm³/mol. The summed E-state index contributed by atoms with van der Waals surface area (Å²) >= 11 is 0. The molecule has 2 aromatic carbocycles. The minimum Gasteiger partial charge on any atom is -0.487 e. The number of nitrogens with one attached hydrogen (secondary N) is 1. The second-order valence-electron chi connectivity index (χ2n) is 6.09. The molecule has 2 aromatic rings. The molecule has 22 heavy (non-hydrogen) atoms. The first-order valence-electron chi connectivity index (χ1n) is 7.23. The van der Waals surface area contributed by atoms with E-state index < -0.39 is 15.6 Å². The molecule has 1 N–H and O–H groups in total. The van der Waals surface area contributed by atoms with Crippen LogP contribution in [0.15, 0.2) is 59.5 Å². The van der Waals surface area contributed by atoms with Gasteiger partial charge in [0.2, 0.25) is 10.0 Å². The second kappa shape index (κ2) is 5.41. The van der Waals surface area contributed by atoms with Crippen molar-refractivity contribution in [1.82, 2.24) is 4.72 Å². The molecule has 1 aliphatic rings. The van der Waals surface area contributed by atoms with E-state index in [1.165, 1.54) is 0 Å². The van der Waals surface area contributed by atoms with Gasteiger partial charge in [-0.25, -0.2) is 13.1 Å². The Bertz CT molecular complexity index is 770. The van der Waals surface area contributed by atoms with Gasteiger partial charge in [0.05, 0.1) is 10.9 Å². The molecular weight excluding hydrogens is 298 g/mol. The highest BCUT2D eigenvalue weighted by Crippen LogP contribution is 2.39. The molecule has 116 valence electrons. The normalized spacial score (nSPS) is 20.0. The molecular formula is C17H19NO3S. The zero-order valence-electron chi connectivity index (χ0n) is 12.6. The van der Waals surface area contributed by atoms with Gasteiger partial charge in [-0.15, -0.1) is 0 Å². The van der Waals surface area contributed by atoms with Gasteiger partial charge in [-0.1, -0.05) is 36.4 Å². The van der Waals surface area contributed by atoms with Crippen molar-refractivity contribution >= 4 is 10.0 Å². The molecule has 0 aliphatic carbocycles. The fraction of sp³-hybridized carbons (Fsp3) is 0.294. The molecule has 0 saturated carbocycles. The number of benzene rings is 2. The van der Waals surface area contributed by atoms with Crippen LogP contribution in [0.25, 0.3) is 0 Å². The lowest BCUT2D eigenvalue weighted by molar-refractivity contribution is 0.0702. The number of hydrogen-bond donors (Lipinski definition) is 1. The summed E-state index contributed by atoms with van der Waals surface area (Å²) in [5.74, 6) is 0.736. The van der Waals surface area contributed by atoms with E-state index in [4.69, 9.17) is 4.74 Å². The van der Waals surface area contributed by atoms with Gasteiger partial charge in [0, 0.05) is 12.0 Å². The lowest BCUT2D eigenvalue weighted by Crippen LogP contribution is -2.41. The summed E-state index contributed by atoms with van der Waals surface area (Å²) in [4.78, 5) is 0.275. The summed E-state index contributed by atoms with van der Waals surface area (Å²) in [6, 6.07) is 15.7. The third kappa shape index (κ3) is 3.00. The quantitative estimate of drug-likeness (QED) is 0.945. The first kappa shape index (κ1) is 15.1. The molecule has 1 heterocycles. The Labute approximate surface area is 131 Å². The summed E-state index contributed by atoms with van der Waals surface area (Å²) < 4.78 is 33.9. The van der Waals surface area contributed by atoms with E-state index in [0.29, 0.717) is 6.42 Å². The average Bonchev–Trinajstić information content (AvgIpc) is 2.46. The molecule has 0 spiro atoms. The highest BCUT2D eigenvalue weighted by atomic mass is 32.2. The van der Waals surface area contributed by atoms with Gasteiger partial charge in [0.1, 0.15) is 11.4 Å². The van der Waals surface area contributed by atoms with Crippen LogP contribution in [0.2, 0.25) is 0 Å². The van der Waals surface area contributed by atoms with E-state index in [1.807, 2.05) is 38.1 Å². The number of ether oxygens (including phenoxy) is 1. The molecule has 0 bridgehead atoms. The Balaban J connectivity index is 1.95. The number of rotatable bonds is 3. The lowest BCUT2D eigenvalue weighted by atomic mass is 9.90. The van der Waals surface area contributed by atoms with Crippen molar-refractivity contribution in [3.63, 3.8) is 0 Å². The molecule has 0 saturated heterocycles. The summed E-state index contributed by atoms with van der Waals surface area (Å²) in [5, 5.41) is 0. The summed E-state index contributed by atoms with van der Waals surface area (Å²) in [6.45, 7) is 3.93. The maximum atomic E-state index is 12.6. The monoisotopic (exact) mass is 317 g/mol. The van der Waals surface area contributed by atoms with Crippen molar-refractivity contribution in [3.05, 3.63) is 60.2 Å². The highest BCUT2D eigenvalue weighted by Gasteiger charge is 2.35. The standard InChI is InChI=1S/C17H19NO3S/c1-17(2)12-15(14-10-6-7-11-16(14)21-17)18-22(19,20)13-8-4-3-5-9-13/h3-11,15,18H,12H2,1-2H3. The molecule has 0 fully saturated rings. The van der Waals surface area contributed by atoms with Gasteiger partial charge in [0.15, 0.2) is 0 Å². The first-order valence-corrected chi connectivity index (χ1v) is 8.71. The fourth-order valence-corrected chi connectivity index (χ4v) is 4.00. The summed E-state index contributed by atoms with van der Waals surface area (Å²) in [5.41, 5.74) is 0.458. The lowest BCUT2D eigenvalue weighted by Gasteiger charge is -2.37. The van der Waals surface area contributed by atoms with Crippen LogP contribution in [0.4, 0.5) is 0 Å². The van der Waals surface area contributed by atoms with Crippen LogP contribution in [0.5, 0.6) is 5.75 Å². The Kier molecular flexibility index (Phi) is 3.70. The Morgan fingerprint density at radius 2 is 1.68 bits per heavy atom. The maximum absolute atomic E-state index is 12.6. The summed E-state index contributed by atoms with van der Waals surface area (Å²) in [7, 11) is -3.56. The maximum Gasteiger partial charge on any atom is 0.241 e. The van der Waals surface area contributed by atoms with Crippen molar-refractivity contribution in [2.24, 2.45) is 0 Å². The molecule has 0 amide bonds. The van der Waals surface area contributed by atoms with Crippen LogP contribution in [0, 0.1) is 0 Å². The van der Waals surface area contributed by atoms with Gasteiger partial charge in [-0.3, -0.25) is 0 Å². The number of sulfonamides is 1. The molecule has 1 atom stereocenters. The van der Waals surface area contributed by atoms with Crippen LogP contribution in [0.1, 0.15) is 31.9 Å². The van der Waals surface area contributed by atoms with Crippen molar-refractivity contribution in [2.75, 3.05) is 0 Å². The topological polar surface area (TPSA) is 55.4 Å². The van der Waals surface area contributed by atoms with E-state index in [1.54, 1.807) is 30.3 Å². The largest absolute Gasteiger partial charge is 0.487 e. The fourth-order valence-electron chi connectivity index (χ4n) is 2.76. The van der Waals surface area contributed by atoms with Crippen LogP contribution in [-0.4, -0.2) is 14.0 Å². The Morgan fingerprint density at radius 1 is 1.05 bits per heavy atom. The third-order valence-corrected chi connectivity index (χ3v) is 5.21. The highest BCUT2D eigenvalue weighted by molar-refractivity contribution is 7.89. The SMILES string of the molecule is CC1(C)CC(NS(=O)(=O)c2ccccc2)c2ccccc2O1. The molecule has 5 heteroatoms. The van der Waals surface area contributed by atoms with E-state index in [-0.39, 0.29) is 10.9 Å². The molecule has 1 unspecified atom stereocenters.